The average Bonchev–Trinajstić information content (AvgIpc) is 3.34. The summed E-state index contributed by atoms with van der Waals surface area (Å²) in [7, 11) is 0. The molecule has 0 aliphatic rings. The smallest absolute Gasteiger partial charge is 0.311 e. The number of carbonyl (C=O) groups excluding carboxylic acids is 1. The number of aryl methyl sites for hydroxylation is 1. The van der Waals surface area contributed by atoms with E-state index in [2.05, 4.69) is 10.5 Å². The molecule has 1 amide bonds. The van der Waals surface area contributed by atoms with Crippen molar-refractivity contribution in [3.05, 3.63) is 76.4 Å². The summed E-state index contributed by atoms with van der Waals surface area (Å²) in [5.74, 6) is -1.82. The molecule has 3 rings (SSSR count). The van der Waals surface area contributed by atoms with Gasteiger partial charge < -0.3 is 19.7 Å². The van der Waals surface area contributed by atoms with Gasteiger partial charge in [-0.2, -0.15) is 0 Å². The summed E-state index contributed by atoms with van der Waals surface area (Å²) in [5, 5.41) is 17.1. The van der Waals surface area contributed by atoms with Crippen LogP contribution in [0.2, 0.25) is 5.02 Å². The summed E-state index contributed by atoms with van der Waals surface area (Å²) in [6, 6.07) is 12.5. The van der Waals surface area contributed by atoms with Crippen molar-refractivity contribution >= 4 is 23.5 Å². The lowest BCUT2D eigenvalue weighted by molar-refractivity contribution is -0.152. The Morgan fingerprint density at radius 2 is 1.92 bits per heavy atom. The monoisotopic (exact) mass is 516 g/mol. The van der Waals surface area contributed by atoms with E-state index in [4.69, 9.17) is 20.9 Å². The SMILES string of the molecule is CCOCC(C)(C[C@@H](Cc1ccc(-c2cc(Cl)ccc2F)cc1)NC(=O)c1cc(CC)no1)C(=O)O. The molecule has 2 aromatic carbocycles. The molecule has 0 aliphatic heterocycles. The van der Waals surface area contributed by atoms with Crippen LogP contribution in [-0.4, -0.2) is 41.4 Å². The van der Waals surface area contributed by atoms with Gasteiger partial charge in [-0.25, -0.2) is 4.39 Å². The summed E-state index contributed by atoms with van der Waals surface area (Å²) >= 11 is 6.02. The number of carboxylic acids is 1. The molecule has 1 aromatic heterocycles. The standard InChI is InChI=1S/C27H30ClFN2O5/c1-4-20-14-24(36-31-20)25(32)30-21(15-27(3,26(33)34)16-35-5-2)12-17-6-8-18(9-7-17)22-13-19(28)10-11-23(22)29/h6-11,13-14,21H,4-5,12,15-16H2,1-3H3,(H,30,32)(H,33,34)/t21-,27?/m1/s1. The molecule has 0 saturated carbocycles. The number of rotatable bonds is 12. The van der Waals surface area contributed by atoms with Gasteiger partial charge in [-0.15, -0.1) is 0 Å². The number of carbonyl (C=O) groups is 2. The molecule has 192 valence electrons. The molecule has 0 radical (unpaired) electrons. The van der Waals surface area contributed by atoms with Crippen molar-refractivity contribution in [2.24, 2.45) is 5.41 Å². The molecule has 7 nitrogen and oxygen atoms in total. The Morgan fingerprint density at radius 3 is 2.53 bits per heavy atom. The minimum atomic E-state index is -1.23. The summed E-state index contributed by atoms with van der Waals surface area (Å²) in [6.07, 6.45) is 1.08. The first-order chi connectivity index (χ1) is 17.1. The number of carboxylic acid groups (broad SMARTS) is 1. The number of ether oxygens (including phenoxy) is 1. The molecule has 1 heterocycles. The van der Waals surface area contributed by atoms with E-state index in [0.717, 1.165) is 5.56 Å². The molecule has 3 aromatic rings. The van der Waals surface area contributed by atoms with E-state index in [-0.39, 0.29) is 24.6 Å². The Bertz CT molecular complexity index is 1200. The number of aliphatic carboxylic acids is 1. The van der Waals surface area contributed by atoms with E-state index < -0.39 is 23.3 Å². The van der Waals surface area contributed by atoms with E-state index in [1.807, 2.05) is 19.1 Å². The number of benzene rings is 2. The molecule has 0 saturated heterocycles. The number of amides is 1. The van der Waals surface area contributed by atoms with Crippen LogP contribution in [0.15, 0.2) is 53.1 Å². The Hall–Kier alpha value is -3.23. The third-order valence-corrected chi connectivity index (χ3v) is 6.23. The molecule has 2 N–H and O–H groups in total. The van der Waals surface area contributed by atoms with E-state index >= 15 is 0 Å². The minimum absolute atomic E-state index is 0.000472. The fourth-order valence-electron chi connectivity index (χ4n) is 3.92. The van der Waals surface area contributed by atoms with Crippen LogP contribution in [0.5, 0.6) is 0 Å². The zero-order valence-electron chi connectivity index (χ0n) is 20.5. The van der Waals surface area contributed by atoms with Crippen LogP contribution < -0.4 is 5.32 Å². The first-order valence-electron chi connectivity index (χ1n) is 11.8. The van der Waals surface area contributed by atoms with Crippen molar-refractivity contribution in [3.63, 3.8) is 0 Å². The molecule has 9 heteroatoms. The topological polar surface area (TPSA) is 102 Å². The number of halogens is 2. The molecular weight excluding hydrogens is 487 g/mol. The second-order valence-electron chi connectivity index (χ2n) is 8.94. The van der Waals surface area contributed by atoms with Crippen molar-refractivity contribution in [2.75, 3.05) is 13.2 Å². The third-order valence-electron chi connectivity index (χ3n) is 5.99. The van der Waals surface area contributed by atoms with E-state index in [1.165, 1.54) is 12.1 Å². The summed E-state index contributed by atoms with van der Waals surface area (Å²) in [5.41, 5.74) is 1.29. The lowest BCUT2D eigenvalue weighted by atomic mass is 9.82. The fourth-order valence-corrected chi connectivity index (χ4v) is 4.09. The largest absolute Gasteiger partial charge is 0.481 e. The predicted octanol–water partition coefficient (Wildman–Crippen LogP) is 5.56. The van der Waals surface area contributed by atoms with Gasteiger partial charge in [0.1, 0.15) is 5.82 Å². The van der Waals surface area contributed by atoms with E-state index in [0.29, 0.717) is 41.3 Å². The van der Waals surface area contributed by atoms with Crippen molar-refractivity contribution in [3.8, 4) is 11.1 Å². The van der Waals surface area contributed by atoms with E-state index in [9.17, 15) is 19.1 Å². The molecule has 36 heavy (non-hydrogen) atoms. The molecule has 0 fully saturated rings. The molecular formula is C27H30ClFN2O5. The van der Waals surface area contributed by atoms with Gasteiger partial charge in [-0.1, -0.05) is 47.9 Å². The second-order valence-corrected chi connectivity index (χ2v) is 9.38. The quantitative estimate of drug-likeness (QED) is 0.327. The van der Waals surface area contributed by atoms with Gasteiger partial charge in [0, 0.05) is 29.3 Å². The molecule has 0 bridgehead atoms. The number of nitrogens with zero attached hydrogens (tertiary/aromatic N) is 1. The zero-order chi connectivity index (χ0) is 26.3. The van der Waals surface area contributed by atoms with Gasteiger partial charge in [-0.05, 0) is 62.4 Å². The molecule has 0 spiro atoms. The highest BCUT2D eigenvalue weighted by Gasteiger charge is 2.37. The highest BCUT2D eigenvalue weighted by molar-refractivity contribution is 6.30. The number of hydrogen-bond donors (Lipinski definition) is 2. The van der Waals surface area contributed by atoms with Crippen LogP contribution in [0.1, 0.15) is 49.0 Å². The summed E-state index contributed by atoms with van der Waals surface area (Å²) < 4.78 is 24.9. The van der Waals surface area contributed by atoms with Crippen molar-refractivity contribution < 1.29 is 28.3 Å². The summed E-state index contributed by atoms with van der Waals surface area (Å²) in [4.78, 5) is 25.0. The van der Waals surface area contributed by atoms with Gasteiger partial charge in [-0.3, -0.25) is 9.59 Å². The maximum Gasteiger partial charge on any atom is 0.311 e. The first-order valence-corrected chi connectivity index (χ1v) is 12.1. The molecule has 2 atom stereocenters. The van der Waals surface area contributed by atoms with Gasteiger partial charge in [0.2, 0.25) is 5.76 Å². The van der Waals surface area contributed by atoms with Crippen LogP contribution >= 0.6 is 11.6 Å². The average molecular weight is 517 g/mol. The Balaban J connectivity index is 1.84. The van der Waals surface area contributed by atoms with Gasteiger partial charge in [0.05, 0.1) is 17.7 Å². The van der Waals surface area contributed by atoms with E-state index in [1.54, 1.807) is 38.1 Å². The van der Waals surface area contributed by atoms with Crippen molar-refractivity contribution in [1.82, 2.24) is 10.5 Å². The molecule has 0 aliphatic carbocycles. The lowest BCUT2D eigenvalue weighted by Crippen LogP contribution is -2.44. The highest BCUT2D eigenvalue weighted by atomic mass is 35.5. The number of nitrogens with one attached hydrogen (secondary N) is 1. The van der Waals surface area contributed by atoms with Crippen LogP contribution in [0.25, 0.3) is 11.1 Å². The van der Waals surface area contributed by atoms with Crippen LogP contribution in [0.3, 0.4) is 0 Å². The van der Waals surface area contributed by atoms with Gasteiger partial charge in [0.25, 0.3) is 5.91 Å². The lowest BCUT2D eigenvalue weighted by Gasteiger charge is -2.30. The Labute approximate surface area is 214 Å². The number of hydrogen-bond acceptors (Lipinski definition) is 5. The number of aromatic nitrogens is 1. The van der Waals surface area contributed by atoms with Gasteiger partial charge in [0.15, 0.2) is 0 Å². The molecule has 1 unspecified atom stereocenters. The fraction of sp³-hybridized carbons (Fsp3) is 0.370. The maximum atomic E-state index is 14.3. The van der Waals surface area contributed by atoms with Crippen molar-refractivity contribution in [1.29, 1.82) is 0 Å². The van der Waals surface area contributed by atoms with Crippen LogP contribution in [-0.2, 0) is 22.4 Å². The van der Waals surface area contributed by atoms with Crippen LogP contribution in [0.4, 0.5) is 4.39 Å². The minimum Gasteiger partial charge on any atom is -0.481 e. The third kappa shape index (κ3) is 6.92. The van der Waals surface area contributed by atoms with Crippen LogP contribution in [0, 0.1) is 11.2 Å². The highest BCUT2D eigenvalue weighted by Crippen LogP contribution is 2.29. The second kappa shape index (κ2) is 12.1. The van der Waals surface area contributed by atoms with Gasteiger partial charge >= 0.3 is 5.97 Å². The first kappa shape index (κ1) is 27.4. The Morgan fingerprint density at radius 1 is 1.19 bits per heavy atom. The predicted molar refractivity (Wildman–Crippen MR) is 135 cm³/mol. The zero-order valence-corrected chi connectivity index (χ0v) is 21.3. The normalized spacial score (nSPS) is 13.7. The Kier molecular flexibility index (Phi) is 9.23. The van der Waals surface area contributed by atoms with Crippen molar-refractivity contribution in [2.45, 2.75) is 46.1 Å². The maximum absolute atomic E-state index is 14.3. The summed E-state index contributed by atoms with van der Waals surface area (Å²) in [6.45, 7) is 5.66.